The minimum absolute atomic E-state index is 0.0526. The molecular formula is C20H26N4O3. The van der Waals surface area contributed by atoms with Crippen LogP contribution < -0.4 is 16.1 Å². The van der Waals surface area contributed by atoms with Gasteiger partial charge >= 0.3 is 5.69 Å². The summed E-state index contributed by atoms with van der Waals surface area (Å²) in [6.45, 7) is 1.67. The maximum Gasteiger partial charge on any atom is 0.331 e. The number of hydrogen-bond donors (Lipinski definition) is 2. The van der Waals surface area contributed by atoms with Gasteiger partial charge in [-0.05, 0) is 44.0 Å². The minimum Gasteiger partial charge on any atom is -0.494 e. The summed E-state index contributed by atoms with van der Waals surface area (Å²) in [5.41, 5.74) is 0.963. The van der Waals surface area contributed by atoms with E-state index in [9.17, 15) is 14.7 Å². The van der Waals surface area contributed by atoms with E-state index < -0.39 is 11.2 Å². The molecule has 3 rings (SSSR count). The second-order valence-electron chi connectivity index (χ2n) is 7.23. The van der Waals surface area contributed by atoms with Crippen LogP contribution in [0.15, 0.2) is 38.8 Å². The van der Waals surface area contributed by atoms with E-state index in [-0.39, 0.29) is 17.5 Å². The highest BCUT2D eigenvalue weighted by atomic mass is 16.3. The molecule has 2 aromatic rings. The van der Waals surface area contributed by atoms with E-state index in [1.54, 1.807) is 6.92 Å². The van der Waals surface area contributed by atoms with E-state index in [2.05, 4.69) is 9.98 Å². The van der Waals surface area contributed by atoms with Crippen molar-refractivity contribution >= 4 is 17.1 Å². The lowest BCUT2D eigenvalue weighted by molar-refractivity contribution is 0.298. The molecule has 0 atom stereocenters. The van der Waals surface area contributed by atoms with Gasteiger partial charge in [0.2, 0.25) is 5.88 Å². The fraction of sp³-hybridized carbons (Fsp3) is 0.450. The summed E-state index contributed by atoms with van der Waals surface area (Å²) in [6, 6.07) is 7.47. The van der Waals surface area contributed by atoms with E-state index in [1.807, 2.05) is 43.3 Å². The Morgan fingerprint density at radius 1 is 1.15 bits per heavy atom. The van der Waals surface area contributed by atoms with Crippen LogP contribution in [0.2, 0.25) is 0 Å². The zero-order valence-corrected chi connectivity index (χ0v) is 16.0. The Bertz CT molecular complexity index is 949. The van der Waals surface area contributed by atoms with Gasteiger partial charge in [-0.2, -0.15) is 0 Å². The van der Waals surface area contributed by atoms with Gasteiger partial charge in [0.05, 0.1) is 11.4 Å². The molecule has 2 N–H and O–H groups in total. The predicted octanol–water partition coefficient (Wildman–Crippen LogP) is 2.95. The summed E-state index contributed by atoms with van der Waals surface area (Å²) in [7, 11) is 3.91. The molecule has 1 aromatic carbocycles. The van der Waals surface area contributed by atoms with Crippen molar-refractivity contribution in [3.05, 3.63) is 50.7 Å². The molecule has 1 saturated carbocycles. The number of H-pyrrole nitrogens is 1. The van der Waals surface area contributed by atoms with Gasteiger partial charge in [-0.1, -0.05) is 19.3 Å². The van der Waals surface area contributed by atoms with Gasteiger partial charge in [0.1, 0.15) is 5.56 Å². The first kappa shape index (κ1) is 18.9. The third-order valence-corrected chi connectivity index (χ3v) is 5.08. The highest BCUT2D eigenvalue weighted by Crippen LogP contribution is 2.30. The second kappa shape index (κ2) is 7.82. The average Bonchev–Trinajstić information content (AvgIpc) is 2.62. The lowest BCUT2D eigenvalue weighted by Crippen LogP contribution is -2.36. The SMILES string of the molecule is CC(=Nc1ccc(N(C)C)cc1)c1c(O)n(C2CCCCC2)c(=O)[nH]c1=O. The van der Waals surface area contributed by atoms with E-state index in [0.29, 0.717) is 11.4 Å². The highest BCUT2D eigenvalue weighted by Gasteiger charge is 2.24. The average molecular weight is 370 g/mol. The monoisotopic (exact) mass is 370 g/mol. The van der Waals surface area contributed by atoms with Crippen LogP contribution in [0.4, 0.5) is 11.4 Å². The molecule has 0 spiro atoms. The van der Waals surface area contributed by atoms with Crippen molar-refractivity contribution in [2.24, 2.45) is 4.99 Å². The molecule has 0 saturated heterocycles. The molecule has 1 aliphatic rings. The lowest BCUT2D eigenvalue weighted by atomic mass is 9.95. The molecular weight excluding hydrogens is 344 g/mol. The van der Waals surface area contributed by atoms with Crippen LogP contribution >= 0.6 is 0 Å². The Balaban J connectivity index is 2.02. The van der Waals surface area contributed by atoms with E-state index >= 15 is 0 Å². The lowest BCUT2D eigenvalue weighted by Gasteiger charge is -2.25. The van der Waals surface area contributed by atoms with Crippen molar-refractivity contribution in [3.63, 3.8) is 0 Å². The number of nitrogens with zero attached hydrogens (tertiary/aromatic N) is 3. The Hall–Kier alpha value is -2.83. The van der Waals surface area contributed by atoms with Crippen molar-refractivity contribution in [1.29, 1.82) is 0 Å². The molecule has 0 unspecified atom stereocenters. The Kier molecular flexibility index (Phi) is 5.48. The standard InChI is InChI=1S/C20H26N4O3/c1-13(21-14-9-11-15(12-10-14)23(2)3)17-18(25)22-20(27)24(19(17)26)16-7-5-4-6-8-16/h9-12,16,26H,4-8H2,1-3H3,(H,22,25,27). The summed E-state index contributed by atoms with van der Waals surface area (Å²) < 4.78 is 1.32. The number of nitrogens with one attached hydrogen (secondary N) is 1. The highest BCUT2D eigenvalue weighted by molar-refractivity contribution is 6.01. The van der Waals surface area contributed by atoms with Gasteiger partial charge < -0.3 is 10.0 Å². The largest absolute Gasteiger partial charge is 0.494 e. The van der Waals surface area contributed by atoms with Crippen LogP contribution in [-0.2, 0) is 0 Å². The van der Waals surface area contributed by atoms with Gasteiger partial charge in [0, 0.05) is 25.8 Å². The maximum absolute atomic E-state index is 12.4. The molecule has 1 aliphatic carbocycles. The maximum atomic E-state index is 12.4. The molecule has 0 amide bonds. The van der Waals surface area contributed by atoms with Crippen molar-refractivity contribution in [1.82, 2.24) is 9.55 Å². The minimum atomic E-state index is -0.615. The van der Waals surface area contributed by atoms with Gasteiger partial charge in [0.25, 0.3) is 5.56 Å². The van der Waals surface area contributed by atoms with Crippen molar-refractivity contribution < 1.29 is 5.11 Å². The van der Waals surface area contributed by atoms with Crippen molar-refractivity contribution in [2.45, 2.75) is 45.1 Å². The zero-order chi connectivity index (χ0) is 19.6. The quantitative estimate of drug-likeness (QED) is 0.810. The summed E-state index contributed by atoms with van der Waals surface area (Å²) in [5.74, 6) is -0.290. The fourth-order valence-corrected chi connectivity index (χ4v) is 3.62. The van der Waals surface area contributed by atoms with Crippen molar-refractivity contribution in [3.8, 4) is 5.88 Å². The number of benzene rings is 1. The van der Waals surface area contributed by atoms with Gasteiger partial charge in [-0.25, -0.2) is 4.79 Å². The van der Waals surface area contributed by atoms with Crippen LogP contribution in [0, 0.1) is 0 Å². The molecule has 1 aromatic heterocycles. The molecule has 144 valence electrons. The van der Waals surface area contributed by atoms with Gasteiger partial charge in [-0.3, -0.25) is 19.3 Å². The first-order valence-electron chi connectivity index (χ1n) is 9.29. The van der Waals surface area contributed by atoms with Crippen LogP contribution in [0.25, 0.3) is 0 Å². The number of aromatic amines is 1. The van der Waals surface area contributed by atoms with Crippen molar-refractivity contribution in [2.75, 3.05) is 19.0 Å². The summed E-state index contributed by atoms with van der Waals surface area (Å²) >= 11 is 0. The molecule has 1 fully saturated rings. The molecule has 27 heavy (non-hydrogen) atoms. The van der Waals surface area contributed by atoms with E-state index in [1.165, 1.54) is 4.57 Å². The number of rotatable bonds is 4. The van der Waals surface area contributed by atoms with Crippen LogP contribution in [0.1, 0.15) is 50.6 Å². The number of anilines is 1. The Morgan fingerprint density at radius 2 is 1.78 bits per heavy atom. The first-order valence-corrected chi connectivity index (χ1v) is 9.29. The zero-order valence-electron chi connectivity index (χ0n) is 16.0. The Labute approximate surface area is 158 Å². The topological polar surface area (TPSA) is 90.7 Å². The normalized spacial score (nSPS) is 15.7. The van der Waals surface area contributed by atoms with E-state index in [0.717, 1.165) is 37.8 Å². The van der Waals surface area contributed by atoms with Gasteiger partial charge in [0.15, 0.2) is 0 Å². The number of hydrogen-bond acceptors (Lipinski definition) is 5. The third kappa shape index (κ3) is 3.97. The smallest absolute Gasteiger partial charge is 0.331 e. The third-order valence-electron chi connectivity index (χ3n) is 5.08. The molecule has 0 aliphatic heterocycles. The summed E-state index contributed by atoms with van der Waals surface area (Å²) in [4.78, 5) is 33.4. The van der Waals surface area contributed by atoms with Crippen LogP contribution in [-0.4, -0.2) is 34.5 Å². The van der Waals surface area contributed by atoms with E-state index in [4.69, 9.17) is 0 Å². The van der Waals surface area contributed by atoms with Crippen LogP contribution in [0.5, 0.6) is 5.88 Å². The van der Waals surface area contributed by atoms with Gasteiger partial charge in [-0.15, -0.1) is 0 Å². The summed E-state index contributed by atoms with van der Waals surface area (Å²) in [6.07, 6.45) is 4.79. The number of aromatic hydroxyl groups is 1. The molecule has 0 radical (unpaired) electrons. The number of aromatic nitrogens is 2. The first-order chi connectivity index (χ1) is 12.9. The Morgan fingerprint density at radius 3 is 2.37 bits per heavy atom. The molecule has 7 nitrogen and oxygen atoms in total. The number of aliphatic imine (C=N–C) groups is 1. The summed E-state index contributed by atoms with van der Waals surface area (Å²) in [5, 5.41) is 10.7. The molecule has 7 heteroatoms. The second-order valence-corrected chi connectivity index (χ2v) is 7.23. The predicted molar refractivity (Wildman–Crippen MR) is 108 cm³/mol. The molecule has 0 bridgehead atoms. The fourth-order valence-electron chi connectivity index (χ4n) is 3.62. The van der Waals surface area contributed by atoms with Crippen LogP contribution in [0.3, 0.4) is 0 Å². The molecule has 1 heterocycles.